The van der Waals surface area contributed by atoms with Crippen molar-refractivity contribution in [1.82, 2.24) is 9.97 Å². The van der Waals surface area contributed by atoms with E-state index in [1.54, 1.807) is 0 Å². The summed E-state index contributed by atoms with van der Waals surface area (Å²) in [5, 5.41) is 0. The van der Waals surface area contributed by atoms with Crippen molar-refractivity contribution in [1.29, 1.82) is 0 Å². The number of esters is 3. The molecule has 1 aliphatic carbocycles. The molecule has 0 radical (unpaired) electrons. The lowest BCUT2D eigenvalue weighted by Gasteiger charge is -2.26. The Bertz CT molecular complexity index is 1190. The van der Waals surface area contributed by atoms with Gasteiger partial charge in [0.2, 0.25) is 5.76 Å². The first-order valence-corrected chi connectivity index (χ1v) is 11.1. The second-order valence-electron chi connectivity index (χ2n) is 8.14. The highest BCUT2D eigenvalue weighted by Gasteiger charge is 2.38. The first-order valence-electron chi connectivity index (χ1n) is 11.1. The first-order chi connectivity index (χ1) is 17.5. The normalized spacial score (nSPS) is 17.4. The van der Waals surface area contributed by atoms with Gasteiger partial charge in [0.15, 0.2) is 17.4 Å². The van der Waals surface area contributed by atoms with Crippen LogP contribution in [0.2, 0.25) is 0 Å². The average molecular weight is 522 g/mol. The third-order valence-corrected chi connectivity index (χ3v) is 5.55. The third-order valence-electron chi connectivity index (χ3n) is 5.55. The molecule has 1 saturated carbocycles. The Morgan fingerprint density at radius 2 is 1.62 bits per heavy atom. The molecule has 0 bridgehead atoms. The van der Waals surface area contributed by atoms with Crippen molar-refractivity contribution in [3.05, 3.63) is 67.0 Å². The number of rotatable bonds is 8. The van der Waals surface area contributed by atoms with Gasteiger partial charge in [-0.05, 0) is 43.9 Å². The molecule has 0 spiro atoms. The average Bonchev–Trinajstić information content (AvgIpc) is 2.88. The molecule has 1 aliphatic rings. The molecule has 8 nitrogen and oxygen atoms in total. The van der Waals surface area contributed by atoms with E-state index in [2.05, 4.69) is 27.9 Å². The molecule has 1 fully saturated rings. The van der Waals surface area contributed by atoms with Crippen molar-refractivity contribution in [3.8, 4) is 17.1 Å². The Hall–Kier alpha value is -4.09. The number of carbonyl (C=O) groups is 3. The summed E-state index contributed by atoms with van der Waals surface area (Å²) < 4.78 is 66.4. The zero-order chi connectivity index (χ0) is 27.2. The van der Waals surface area contributed by atoms with Gasteiger partial charge in [0.1, 0.15) is 6.61 Å². The fourth-order valence-corrected chi connectivity index (χ4v) is 3.54. The topological polar surface area (TPSA) is 105 Å². The number of hydrogen-bond acceptors (Lipinski definition) is 8. The molecular weight excluding hydrogens is 500 g/mol. The Labute approximate surface area is 209 Å². The van der Waals surface area contributed by atoms with Crippen LogP contribution < -0.4 is 4.74 Å². The molecule has 0 saturated heterocycles. The van der Waals surface area contributed by atoms with Gasteiger partial charge in [0.25, 0.3) is 0 Å². The SMILES string of the molecule is C=CCOC(=O)c1cnc(-c2ccc(OC(=O)C3CCC(C(=O)OC(=C)C(F)(F)F)CC3)c(F)c2)nc1. The first kappa shape index (κ1) is 27.5. The van der Waals surface area contributed by atoms with Gasteiger partial charge in [-0.25, -0.2) is 19.2 Å². The van der Waals surface area contributed by atoms with Crippen LogP contribution in [0.5, 0.6) is 5.75 Å². The van der Waals surface area contributed by atoms with E-state index in [-0.39, 0.29) is 55.0 Å². The minimum absolute atomic E-state index is 0.0259. The summed E-state index contributed by atoms with van der Waals surface area (Å²) in [6.45, 7) is 6.16. The number of alkyl halides is 3. The zero-order valence-electron chi connectivity index (χ0n) is 19.4. The number of aromatic nitrogens is 2. The molecule has 37 heavy (non-hydrogen) atoms. The van der Waals surface area contributed by atoms with Crippen LogP contribution in [0.4, 0.5) is 17.6 Å². The molecule has 0 aliphatic heterocycles. The summed E-state index contributed by atoms with van der Waals surface area (Å²) in [6.07, 6.45) is -0.441. The Kier molecular flexibility index (Phi) is 8.74. The molecule has 2 aromatic rings. The summed E-state index contributed by atoms with van der Waals surface area (Å²) in [7, 11) is 0. The lowest BCUT2D eigenvalue weighted by Crippen LogP contribution is -2.30. The maximum absolute atomic E-state index is 14.6. The highest BCUT2D eigenvalue weighted by Crippen LogP contribution is 2.33. The molecule has 0 unspecified atom stereocenters. The van der Waals surface area contributed by atoms with Gasteiger partial charge in [-0.15, -0.1) is 0 Å². The van der Waals surface area contributed by atoms with Gasteiger partial charge < -0.3 is 14.2 Å². The van der Waals surface area contributed by atoms with Crippen LogP contribution >= 0.6 is 0 Å². The molecule has 0 N–H and O–H groups in total. The largest absolute Gasteiger partial charge is 0.458 e. The van der Waals surface area contributed by atoms with Crippen LogP contribution in [-0.4, -0.2) is 40.7 Å². The van der Waals surface area contributed by atoms with E-state index in [9.17, 15) is 31.9 Å². The predicted octanol–water partition coefficient (Wildman–Crippen LogP) is 4.96. The smallest absolute Gasteiger partial charge is 0.449 e. The lowest BCUT2D eigenvalue weighted by atomic mass is 9.82. The second-order valence-corrected chi connectivity index (χ2v) is 8.14. The molecular formula is C25H22F4N2O6. The standard InChI is InChI=1S/C25H22F4N2O6/c1-3-10-35-22(32)18-12-30-21(31-13-18)17-8-9-20(19(26)11-17)37-24(34)16-6-4-15(5-7-16)23(33)36-14(2)25(27,28)29/h3,8-9,11-13,15-16H,1-2,4-7,10H2. The monoisotopic (exact) mass is 522 g/mol. The summed E-state index contributed by atoms with van der Waals surface area (Å²) in [5.41, 5.74) is 0.368. The van der Waals surface area contributed by atoms with Crippen molar-refractivity contribution in [3.63, 3.8) is 0 Å². The number of nitrogens with zero attached hydrogens (tertiary/aromatic N) is 2. The number of halogens is 4. The number of carbonyl (C=O) groups excluding carboxylic acids is 3. The number of benzene rings is 1. The van der Waals surface area contributed by atoms with Crippen molar-refractivity contribution in [2.45, 2.75) is 31.9 Å². The van der Waals surface area contributed by atoms with Crippen LogP contribution in [0, 0.1) is 17.7 Å². The quantitative estimate of drug-likeness (QED) is 0.158. The third kappa shape index (κ3) is 7.21. The number of allylic oxidation sites excluding steroid dienone is 1. The molecule has 3 rings (SSSR count). The van der Waals surface area contributed by atoms with Gasteiger partial charge >= 0.3 is 24.1 Å². The lowest BCUT2D eigenvalue weighted by molar-refractivity contribution is -0.165. The van der Waals surface area contributed by atoms with E-state index < -0.39 is 47.5 Å². The Morgan fingerprint density at radius 1 is 1.03 bits per heavy atom. The van der Waals surface area contributed by atoms with Gasteiger partial charge in [0.05, 0.1) is 17.4 Å². The number of ether oxygens (including phenoxy) is 3. The number of hydrogen-bond donors (Lipinski definition) is 0. The predicted molar refractivity (Wildman–Crippen MR) is 120 cm³/mol. The summed E-state index contributed by atoms with van der Waals surface area (Å²) in [4.78, 5) is 44.2. The minimum atomic E-state index is -4.84. The van der Waals surface area contributed by atoms with E-state index in [0.29, 0.717) is 0 Å². The van der Waals surface area contributed by atoms with Crippen LogP contribution in [0.25, 0.3) is 11.4 Å². The van der Waals surface area contributed by atoms with Gasteiger partial charge in [-0.2, -0.15) is 13.2 Å². The van der Waals surface area contributed by atoms with Crippen LogP contribution in [0.1, 0.15) is 36.0 Å². The Balaban J connectivity index is 1.55. The summed E-state index contributed by atoms with van der Waals surface area (Å²) >= 11 is 0. The zero-order valence-corrected chi connectivity index (χ0v) is 19.4. The fourth-order valence-electron chi connectivity index (χ4n) is 3.54. The van der Waals surface area contributed by atoms with Crippen molar-refractivity contribution >= 4 is 17.9 Å². The summed E-state index contributed by atoms with van der Waals surface area (Å²) in [6, 6.07) is 3.72. The maximum Gasteiger partial charge on any atom is 0.449 e. The Morgan fingerprint density at radius 3 is 2.16 bits per heavy atom. The molecule has 0 atom stereocenters. The maximum atomic E-state index is 14.6. The van der Waals surface area contributed by atoms with E-state index in [4.69, 9.17) is 9.47 Å². The van der Waals surface area contributed by atoms with Crippen molar-refractivity contribution in [2.24, 2.45) is 11.8 Å². The van der Waals surface area contributed by atoms with Gasteiger partial charge in [-0.1, -0.05) is 19.2 Å². The van der Waals surface area contributed by atoms with Gasteiger partial charge in [-0.3, -0.25) is 9.59 Å². The molecule has 196 valence electrons. The van der Waals surface area contributed by atoms with E-state index in [1.807, 2.05) is 0 Å². The van der Waals surface area contributed by atoms with Crippen molar-refractivity contribution < 1.29 is 46.2 Å². The van der Waals surface area contributed by atoms with E-state index in [0.717, 1.165) is 6.07 Å². The van der Waals surface area contributed by atoms with Crippen LogP contribution in [0.15, 0.2) is 55.6 Å². The van der Waals surface area contributed by atoms with Gasteiger partial charge in [0, 0.05) is 18.0 Å². The van der Waals surface area contributed by atoms with Crippen LogP contribution in [-0.2, 0) is 19.1 Å². The molecule has 0 amide bonds. The van der Waals surface area contributed by atoms with E-state index in [1.165, 1.54) is 30.6 Å². The second kappa shape index (κ2) is 11.8. The van der Waals surface area contributed by atoms with Crippen LogP contribution in [0.3, 0.4) is 0 Å². The highest BCUT2D eigenvalue weighted by atomic mass is 19.4. The molecule has 1 aromatic heterocycles. The highest BCUT2D eigenvalue weighted by molar-refractivity contribution is 5.88. The molecule has 12 heteroatoms. The minimum Gasteiger partial charge on any atom is -0.458 e. The summed E-state index contributed by atoms with van der Waals surface area (Å²) in [5.74, 6) is -6.55. The van der Waals surface area contributed by atoms with E-state index >= 15 is 0 Å². The molecule has 1 aromatic carbocycles. The van der Waals surface area contributed by atoms with Crippen molar-refractivity contribution in [2.75, 3.05) is 6.61 Å². The molecule has 1 heterocycles. The fraction of sp³-hybridized carbons (Fsp3) is 0.320.